The van der Waals surface area contributed by atoms with Crippen molar-refractivity contribution >= 4 is 45.2 Å². The highest BCUT2D eigenvalue weighted by atomic mass is 79.9. The number of halogens is 2. The first kappa shape index (κ1) is 15.0. The second-order valence-corrected chi connectivity index (χ2v) is 7.13. The standard InChI is InChI=1S/C16H18BrClN2O/c1-9-4-2-3-5-11(9)19-8-13-16(21)14-12(20-13)7-6-10(17)15(14)18/h6-9,11,13,20H,2-5H2,1H3/t9-,11+,13?/m0/s1. The number of benzene rings is 1. The van der Waals surface area contributed by atoms with E-state index < -0.39 is 0 Å². The fraction of sp³-hybridized carbons (Fsp3) is 0.500. The van der Waals surface area contributed by atoms with Gasteiger partial charge in [-0.15, -0.1) is 0 Å². The van der Waals surface area contributed by atoms with Crippen LogP contribution in [0.2, 0.25) is 5.02 Å². The fourth-order valence-corrected chi connectivity index (χ4v) is 3.71. The van der Waals surface area contributed by atoms with Crippen LogP contribution in [0.4, 0.5) is 5.69 Å². The van der Waals surface area contributed by atoms with Gasteiger partial charge in [0.1, 0.15) is 6.04 Å². The lowest BCUT2D eigenvalue weighted by molar-refractivity contribution is 0.1000. The van der Waals surface area contributed by atoms with Crippen LogP contribution in [0.3, 0.4) is 0 Å². The maximum absolute atomic E-state index is 12.5. The van der Waals surface area contributed by atoms with Gasteiger partial charge < -0.3 is 5.32 Å². The maximum Gasteiger partial charge on any atom is 0.194 e. The van der Waals surface area contributed by atoms with Crippen LogP contribution >= 0.6 is 27.5 Å². The zero-order valence-corrected chi connectivity index (χ0v) is 14.2. The average Bonchev–Trinajstić information content (AvgIpc) is 2.79. The van der Waals surface area contributed by atoms with E-state index in [1.54, 1.807) is 6.21 Å². The van der Waals surface area contributed by atoms with Crippen molar-refractivity contribution in [1.29, 1.82) is 0 Å². The number of hydrogen-bond donors (Lipinski definition) is 1. The van der Waals surface area contributed by atoms with Crippen LogP contribution in [-0.2, 0) is 0 Å². The molecular weight excluding hydrogens is 352 g/mol. The first-order chi connectivity index (χ1) is 10.1. The molecule has 0 bridgehead atoms. The van der Waals surface area contributed by atoms with Gasteiger partial charge in [0.2, 0.25) is 0 Å². The number of nitrogens with zero attached hydrogens (tertiary/aromatic N) is 1. The molecule has 3 nitrogen and oxygen atoms in total. The lowest BCUT2D eigenvalue weighted by Gasteiger charge is -2.25. The Morgan fingerprint density at radius 3 is 2.90 bits per heavy atom. The largest absolute Gasteiger partial charge is 0.370 e. The summed E-state index contributed by atoms with van der Waals surface area (Å²) in [6.45, 7) is 2.24. The van der Waals surface area contributed by atoms with Crippen LogP contribution in [0, 0.1) is 5.92 Å². The summed E-state index contributed by atoms with van der Waals surface area (Å²) in [5.41, 5.74) is 1.36. The molecule has 0 saturated heterocycles. The molecule has 0 amide bonds. The molecule has 21 heavy (non-hydrogen) atoms. The van der Waals surface area contributed by atoms with Gasteiger partial charge in [0, 0.05) is 16.4 Å². The van der Waals surface area contributed by atoms with E-state index >= 15 is 0 Å². The minimum absolute atomic E-state index is 0.00325. The molecule has 1 aliphatic heterocycles. The Morgan fingerprint density at radius 1 is 1.38 bits per heavy atom. The van der Waals surface area contributed by atoms with Gasteiger partial charge in [-0.1, -0.05) is 31.4 Å². The normalized spacial score (nSPS) is 28.7. The minimum atomic E-state index is -0.388. The van der Waals surface area contributed by atoms with Crippen molar-refractivity contribution < 1.29 is 4.79 Å². The smallest absolute Gasteiger partial charge is 0.194 e. The molecule has 1 heterocycles. The van der Waals surface area contributed by atoms with Crippen molar-refractivity contribution in [2.45, 2.75) is 44.7 Å². The molecular formula is C16H18BrClN2O. The van der Waals surface area contributed by atoms with Crippen LogP contribution in [0.15, 0.2) is 21.6 Å². The number of anilines is 1. The Labute approximate surface area is 138 Å². The second-order valence-electron chi connectivity index (χ2n) is 5.90. The summed E-state index contributed by atoms with van der Waals surface area (Å²) in [6.07, 6.45) is 6.66. The van der Waals surface area contributed by atoms with Crippen LogP contribution < -0.4 is 5.32 Å². The molecule has 1 unspecified atom stereocenters. The fourth-order valence-electron chi connectivity index (χ4n) is 3.12. The predicted octanol–water partition coefficient (Wildman–Crippen LogP) is 4.73. The molecule has 0 spiro atoms. The first-order valence-corrected chi connectivity index (χ1v) is 8.57. The van der Waals surface area contributed by atoms with Gasteiger partial charge in [0.05, 0.1) is 16.6 Å². The number of aliphatic imine (C=N–C) groups is 1. The number of carbonyl (C=O) groups excluding carboxylic acids is 1. The summed E-state index contributed by atoms with van der Waals surface area (Å²) < 4.78 is 0.747. The third-order valence-corrected chi connectivity index (χ3v) is 5.71. The van der Waals surface area contributed by atoms with Gasteiger partial charge in [-0.3, -0.25) is 9.79 Å². The number of hydrogen-bond acceptors (Lipinski definition) is 3. The zero-order chi connectivity index (χ0) is 15.0. The highest BCUT2D eigenvalue weighted by Crippen LogP contribution is 2.36. The molecule has 5 heteroatoms. The number of carbonyl (C=O) groups is 1. The molecule has 1 saturated carbocycles. The maximum atomic E-state index is 12.5. The molecule has 3 rings (SSSR count). The summed E-state index contributed by atoms with van der Waals surface area (Å²) in [7, 11) is 0. The summed E-state index contributed by atoms with van der Waals surface area (Å²) in [4.78, 5) is 17.1. The van der Waals surface area contributed by atoms with Gasteiger partial charge >= 0.3 is 0 Å². The number of nitrogens with one attached hydrogen (secondary N) is 1. The van der Waals surface area contributed by atoms with E-state index in [0.29, 0.717) is 22.5 Å². The minimum Gasteiger partial charge on any atom is -0.370 e. The Hall–Kier alpha value is -0.870. The monoisotopic (exact) mass is 368 g/mol. The molecule has 1 aliphatic carbocycles. The van der Waals surface area contributed by atoms with Crippen molar-refractivity contribution in [3.8, 4) is 0 Å². The van der Waals surface area contributed by atoms with Gasteiger partial charge in [-0.2, -0.15) is 0 Å². The predicted molar refractivity (Wildman–Crippen MR) is 90.8 cm³/mol. The lowest BCUT2D eigenvalue weighted by atomic mass is 9.86. The number of rotatable bonds is 2. The van der Waals surface area contributed by atoms with Gasteiger partial charge in [-0.25, -0.2) is 0 Å². The molecule has 1 fully saturated rings. The summed E-state index contributed by atoms with van der Waals surface area (Å²) in [5.74, 6) is 0.607. The van der Waals surface area contributed by atoms with Crippen LogP contribution in [0.5, 0.6) is 0 Å². The number of ketones is 1. The molecule has 2 aliphatic rings. The Kier molecular flexibility index (Phi) is 4.36. The molecule has 1 aromatic carbocycles. The molecule has 112 valence electrons. The van der Waals surface area contributed by atoms with Gasteiger partial charge in [0.15, 0.2) is 5.78 Å². The van der Waals surface area contributed by atoms with Gasteiger partial charge in [0.25, 0.3) is 0 Å². The molecule has 1 N–H and O–H groups in total. The van der Waals surface area contributed by atoms with Crippen molar-refractivity contribution in [2.24, 2.45) is 10.9 Å². The third kappa shape index (κ3) is 2.88. The number of Topliss-reactive ketones (excluding diaryl/α,β-unsaturated/α-hetero) is 1. The second kappa shape index (κ2) is 6.09. The zero-order valence-electron chi connectivity index (χ0n) is 11.9. The Morgan fingerprint density at radius 2 is 2.14 bits per heavy atom. The van der Waals surface area contributed by atoms with E-state index in [0.717, 1.165) is 16.6 Å². The molecule has 0 aromatic heterocycles. The molecule has 0 radical (unpaired) electrons. The van der Waals surface area contributed by atoms with Crippen molar-refractivity contribution in [3.63, 3.8) is 0 Å². The van der Waals surface area contributed by atoms with Crippen molar-refractivity contribution in [2.75, 3.05) is 5.32 Å². The Balaban J connectivity index is 1.77. The van der Waals surface area contributed by atoms with E-state index in [9.17, 15) is 4.79 Å². The Bertz CT molecular complexity index is 602. The summed E-state index contributed by atoms with van der Waals surface area (Å²) in [5, 5.41) is 3.68. The van der Waals surface area contributed by atoms with E-state index in [2.05, 4.69) is 33.2 Å². The first-order valence-electron chi connectivity index (χ1n) is 7.40. The number of fused-ring (bicyclic) bond motifs is 1. The van der Waals surface area contributed by atoms with Crippen molar-refractivity contribution in [1.82, 2.24) is 0 Å². The molecule has 1 aromatic rings. The average molecular weight is 370 g/mol. The lowest BCUT2D eigenvalue weighted by Crippen LogP contribution is -2.27. The van der Waals surface area contributed by atoms with Crippen LogP contribution in [0.1, 0.15) is 43.0 Å². The van der Waals surface area contributed by atoms with E-state index in [1.165, 1.54) is 19.3 Å². The van der Waals surface area contributed by atoms with E-state index in [-0.39, 0.29) is 11.8 Å². The van der Waals surface area contributed by atoms with Crippen LogP contribution in [0.25, 0.3) is 0 Å². The van der Waals surface area contributed by atoms with Crippen LogP contribution in [-0.4, -0.2) is 24.1 Å². The van der Waals surface area contributed by atoms with Crippen molar-refractivity contribution in [3.05, 3.63) is 27.2 Å². The molecule has 3 atom stereocenters. The summed E-state index contributed by atoms with van der Waals surface area (Å²) in [6, 6.07) is 3.69. The highest BCUT2D eigenvalue weighted by molar-refractivity contribution is 9.10. The third-order valence-electron chi connectivity index (χ3n) is 4.43. The van der Waals surface area contributed by atoms with Gasteiger partial charge in [-0.05, 0) is 46.8 Å². The highest BCUT2D eigenvalue weighted by Gasteiger charge is 2.32. The summed E-state index contributed by atoms with van der Waals surface area (Å²) >= 11 is 9.58. The van der Waals surface area contributed by atoms with E-state index in [4.69, 9.17) is 11.6 Å². The quantitative estimate of drug-likeness (QED) is 0.766. The topological polar surface area (TPSA) is 41.5 Å². The SMILES string of the molecule is C[C@H]1CCCC[C@H]1N=CC1Nc2ccc(Br)c(Cl)c2C1=O. The van der Waals surface area contributed by atoms with E-state index in [1.807, 2.05) is 12.1 Å².